The predicted octanol–water partition coefficient (Wildman–Crippen LogP) is 4.07. The fraction of sp³-hybridized carbons (Fsp3) is 0.294. The first kappa shape index (κ1) is 17.6. The summed E-state index contributed by atoms with van der Waals surface area (Å²) < 4.78 is 48.3. The Morgan fingerprint density at radius 2 is 1.57 bits per heavy atom. The van der Waals surface area contributed by atoms with Gasteiger partial charge in [0.2, 0.25) is 0 Å². The molecule has 3 nitrogen and oxygen atoms in total. The third kappa shape index (κ3) is 4.36. The normalized spacial score (nSPS) is 15.8. The van der Waals surface area contributed by atoms with E-state index in [-0.39, 0.29) is 11.3 Å². The number of benzene rings is 2. The second kappa shape index (κ2) is 7.19. The van der Waals surface area contributed by atoms with Crippen LogP contribution in [0.1, 0.15) is 18.4 Å². The van der Waals surface area contributed by atoms with Crippen LogP contribution in [0.4, 0.5) is 8.78 Å². The number of aliphatic hydroxyl groups excluding tert-OH is 1. The van der Waals surface area contributed by atoms with Crippen molar-refractivity contribution in [2.75, 3.05) is 0 Å². The van der Waals surface area contributed by atoms with Crippen LogP contribution in [0, 0.1) is 4.78 Å². The summed E-state index contributed by atoms with van der Waals surface area (Å²) in [5, 5.41) is 6.08. The molecule has 0 saturated carbocycles. The van der Waals surface area contributed by atoms with E-state index >= 15 is 0 Å². The van der Waals surface area contributed by atoms with Gasteiger partial charge < -0.3 is 5.11 Å². The van der Waals surface area contributed by atoms with Crippen LogP contribution in [0.15, 0.2) is 65.6 Å². The number of aliphatic hydroxyl groups is 1. The molecule has 0 aliphatic rings. The second-order valence-corrected chi connectivity index (χ2v) is 7.57. The molecule has 0 heterocycles. The maximum atomic E-state index is 14.2. The number of aryl methyl sites for hydroxylation is 1. The molecule has 0 saturated heterocycles. The van der Waals surface area contributed by atoms with Gasteiger partial charge in [-0.25, -0.2) is 8.99 Å². The fourth-order valence-corrected chi connectivity index (χ4v) is 3.57. The van der Waals surface area contributed by atoms with Crippen molar-refractivity contribution in [2.24, 2.45) is 0 Å². The topological polar surface area (TPSA) is 61.2 Å². The largest absolute Gasteiger partial charge is 0.393 e. The average Bonchev–Trinajstić information content (AvgIpc) is 2.54. The van der Waals surface area contributed by atoms with Crippen LogP contribution in [-0.2, 0) is 16.1 Å². The summed E-state index contributed by atoms with van der Waals surface area (Å²) in [7, 11) is -4.31. The standard InChI is InChI=1S/C17H19F2NO2S/c18-17(19,23(20,22)16-9-5-2-6-10-16)13-15(21)12-11-14-7-3-1-4-8-14/h1-10,15,20-21H,11-13H2. The van der Waals surface area contributed by atoms with Gasteiger partial charge in [0.15, 0.2) is 0 Å². The third-order valence-electron chi connectivity index (χ3n) is 3.58. The van der Waals surface area contributed by atoms with Crippen molar-refractivity contribution in [1.29, 1.82) is 4.78 Å². The number of hydrogen-bond acceptors (Lipinski definition) is 3. The molecule has 2 unspecified atom stereocenters. The lowest BCUT2D eigenvalue weighted by Crippen LogP contribution is -2.32. The summed E-state index contributed by atoms with van der Waals surface area (Å²) >= 11 is 0. The summed E-state index contributed by atoms with van der Waals surface area (Å²) in [6.07, 6.45) is -1.73. The molecule has 2 aromatic rings. The summed E-state index contributed by atoms with van der Waals surface area (Å²) in [6.45, 7) is 0. The van der Waals surface area contributed by atoms with E-state index in [1.807, 2.05) is 30.3 Å². The third-order valence-corrected chi connectivity index (χ3v) is 5.52. The van der Waals surface area contributed by atoms with Crippen molar-refractivity contribution in [1.82, 2.24) is 0 Å². The number of halogens is 2. The van der Waals surface area contributed by atoms with E-state index in [2.05, 4.69) is 0 Å². The lowest BCUT2D eigenvalue weighted by Gasteiger charge is -2.22. The Balaban J connectivity index is 2.02. The molecule has 2 aromatic carbocycles. The first-order valence-electron chi connectivity index (χ1n) is 7.26. The molecule has 0 bridgehead atoms. The Kier molecular flexibility index (Phi) is 5.49. The molecule has 0 radical (unpaired) electrons. The molecule has 0 spiro atoms. The van der Waals surface area contributed by atoms with E-state index in [9.17, 15) is 18.1 Å². The first-order valence-corrected chi connectivity index (χ1v) is 8.82. The molecule has 2 rings (SSSR count). The van der Waals surface area contributed by atoms with Crippen molar-refractivity contribution in [3.63, 3.8) is 0 Å². The minimum absolute atomic E-state index is 0.129. The second-order valence-electron chi connectivity index (χ2n) is 5.39. The zero-order valence-corrected chi connectivity index (χ0v) is 13.3. The molecule has 0 amide bonds. The molecular formula is C17H19F2NO2S. The lowest BCUT2D eigenvalue weighted by atomic mass is 10.1. The number of rotatable bonds is 7. The Morgan fingerprint density at radius 1 is 1.04 bits per heavy atom. The van der Waals surface area contributed by atoms with Crippen LogP contribution in [0.3, 0.4) is 0 Å². The Hall–Kier alpha value is -1.79. The maximum Gasteiger partial charge on any atom is 0.334 e. The van der Waals surface area contributed by atoms with Gasteiger partial charge in [-0.15, -0.1) is 0 Å². The van der Waals surface area contributed by atoms with Gasteiger partial charge in [-0.2, -0.15) is 8.78 Å². The molecular weight excluding hydrogens is 320 g/mol. The quantitative estimate of drug-likeness (QED) is 0.799. The monoisotopic (exact) mass is 339 g/mol. The number of alkyl halides is 2. The van der Waals surface area contributed by atoms with Crippen molar-refractivity contribution in [2.45, 2.75) is 35.5 Å². The highest BCUT2D eigenvalue weighted by Crippen LogP contribution is 2.34. The Morgan fingerprint density at radius 3 is 2.13 bits per heavy atom. The smallest absolute Gasteiger partial charge is 0.334 e. The molecule has 2 N–H and O–H groups in total. The minimum Gasteiger partial charge on any atom is -0.393 e. The van der Waals surface area contributed by atoms with E-state index in [1.165, 1.54) is 24.3 Å². The van der Waals surface area contributed by atoms with Crippen molar-refractivity contribution in [3.8, 4) is 0 Å². The van der Waals surface area contributed by atoms with Crippen LogP contribution < -0.4 is 0 Å². The zero-order chi connectivity index (χ0) is 16.9. The van der Waals surface area contributed by atoms with Crippen LogP contribution in [0.5, 0.6) is 0 Å². The molecule has 23 heavy (non-hydrogen) atoms. The number of hydrogen-bond donors (Lipinski definition) is 2. The minimum atomic E-state index is -4.31. The van der Waals surface area contributed by atoms with Crippen molar-refractivity contribution >= 4 is 9.73 Å². The first-order chi connectivity index (χ1) is 10.8. The highest BCUT2D eigenvalue weighted by Gasteiger charge is 2.44. The van der Waals surface area contributed by atoms with E-state index in [4.69, 9.17) is 4.78 Å². The van der Waals surface area contributed by atoms with Crippen LogP contribution in [-0.4, -0.2) is 20.7 Å². The molecule has 6 heteroatoms. The summed E-state index contributed by atoms with van der Waals surface area (Å²) in [5.74, 6) is 0. The molecule has 0 aromatic heterocycles. The van der Waals surface area contributed by atoms with E-state index in [1.54, 1.807) is 6.07 Å². The highest BCUT2D eigenvalue weighted by molar-refractivity contribution is 7.93. The summed E-state index contributed by atoms with van der Waals surface area (Å²) in [6, 6.07) is 16.3. The van der Waals surface area contributed by atoms with Crippen LogP contribution in [0.25, 0.3) is 0 Å². The van der Waals surface area contributed by atoms with Gasteiger partial charge in [-0.3, -0.25) is 0 Å². The van der Waals surface area contributed by atoms with Gasteiger partial charge in [0.1, 0.15) is 9.73 Å². The van der Waals surface area contributed by atoms with E-state index < -0.39 is 27.5 Å². The fourth-order valence-electron chi connectivity index (χ4n) is 2.26. The van der Waals surface area contributed by atoms with Gasteiger partial charge in [0, 0.05) is 0 Å². The van der Waals surface area contributed by atoms with E-state index in [0.29, 0.717) is 6.42 Å². The van der Waals surface area contributed by atoms with Gasteiger partial charge in [0.25, 0.3) is 0 Å². The van der Waals surface area contributed by atoms with Crippen molar-refractivity contribution < 1.29 is 18.1 Å². The van der Waals surface area contributed by atoms with E-state index in [0.717, 1.165) is 5.56 Å². The molecule has 0 aliphatic carbocycles. The maximum absolute atomic E-state index is 14.2. The van der Waals surface area contributed by atoms with Gasteiger partial charge >= 0.3 is 5.25 Å². The Labute approximate surface area is 135 Å². The lowest BCUT2D eigenvalue weighted by molar-refractivity contribution is 0.0250. The molecule has 0 aliphatic heterocycles. The van der Waals surface area contributed by atoms with Gasteiger partial charge in [-0.1, -0.05) is 48.5 Å². The average molecular weight is 339 g/mol. The van der Waals surface area contributed by atoms with Gasteiger partial charge in [-0.05, 0) is 30.5 Å². The molecule has 0 fully saturated rings. The summed E-state index contributed by atoms with van der Waals surface area (Å²) in [4.78, 5) is -0.222. The highest BCUT2D eigenvalue weighted by atomic mass is 32.2. The van der Waals surface area contributed by atoms with Crippen molar-refractivity contribution in [3.05, 3.63) is 66.2 Å². The Bertz CT molecular complexity index is 719. The van der Waals surface area contributed by atoms with Crippen LogP contribution in [0.2, 0.25) is 0 Å². The summed E-state index contributed by atoms with van der Waals surface area (Å²) in [5.41, 5.74) is 0.935. The number of nitrogens with one attached hydrogen (secondary N) is 1. The SMILES string of the molecule is N=S(=O)(c1ccccc1)C(F)(F)CC(O)CCc1ccccc1. The molecule has 124 valence electrons. The predicted molar refractivity (Wildman–Crippen MR) is 85.9 cm³/mol. The molecule has 2 atom stereocenters. The zero-order valence-electron chi connectivity index (χ0n) is 12.5. The van der Waals surface area contributed by atoms with Crippen LogP contribution >= 0.6 is 0 Å². The van der Waals surface area contributed by atoms with Gasteiger partial charge in [0.05, 0.1) is 17.4 Å².